The maximum Gasteiger partial charge on any atom is 0.433 e. The zero-order chi connectivity index (χ0) is 19.4. The molecule has 0 aliphatic carbocycles. The van der Waals surface area contributed by atoms with Gasteiger partial charge < -0.3 is 14.8 Å². The Hall–Kier alpha value is -3.36. The standard InChI is InChI=1S/C18H15F3N4O2/c1-26-11-6-7-12(14(8-11)27-2)13-9-17(23-10-22-13)25-16-5-3-4-15(24-16)18(19,20)21/h3-10H,1-2H3,(H,22,23,24,25). The van der Waals surface area contributed by atoms with Gasteiger partial charge in [0.2, 0.25) is 0 Å². The van der Waals surface area contributed by atoms with Crippen LogP contribution in [0.25, 0.3) is 11.3 Å². The van der Waals surface area contributed by atoms with Gasteiger partial charge in [-0.05, 0) is 24.3 Å². The van der Waals surface area contributed by atoms with Crippen molar-refractivity contribution in [2.24, 2.45) is 0 Å². The number of hydrogen-bond acceptors (Lipinski definition) is 6. The molecule has 2 aromatic heterocycles. The number of hydrogen-bond donors (Lipinski definition) is 1. The second-order valence-electron chi connectivity index (χ2n) is 5.39. The Morgan fingerprint density at radius 3 is 2.44 bits per heavy atom. The third kappa shape index (κ3) is 4.25. The third-order valence-electron chi connectivity index (χ3n) is 3.65. The quantitative estimate of drug-likeness (QED) is 0.715. The molecule has 0 amide bonds. The van der Waals surface area contributed by atoms with Crippen molar-refractivity contribution in [2.75, 3.05) is 19.5 Å². The first kappa shape index (κ1) is 18.4. The number of ether oxygens (including phenoxy) is 2. The van der Waals surface area contributed by atoms with Gasteiger partial charge in [-0.1, -0.05) is 6.07 Å². The molecule has 0 unspecified atom stereocenters. The van der Waals surface area contributed by atoms with E-state index in [1.54, 1.807) is 31.4 Å². The highest BCUT2D eigenvalue weighted by molar-refractivity contribution is 5.71. The molecular weight excluding hydrogens is 361 g/mol. The van der Waals surface area contributed by atoms with E-state index in [1.807, 2.05) is 0 Å². The normalized spacial score (nSPS) is 11.1. The first-order valence-corrected chi connectivity index (χ1v) is 7.76. The topological polar surface area (TPSA) is 69.2 Å². The van der Waals surface area contributed by atoms with E-state index in [4.69, 9.17) is 9.47 Å². The summed E-state index contributed by atoms with van der Waals surface area (Å²) in [6, 6.07) is 10.4. The number of anilines is 2. The molecule has 0 radical (unpaired) electrons. The lowest BCUT2D eigenvalue weighted by atomic mass is 10.1. The maximum atomic E-state index is 12.8. The highest BCUT2D eigenvalue weighted by Gasteiger charge is 2.32. The minimum Gasteiger partial charge on any atom is -0.497 e. The average molecular weight is 376 g/mol. The molecule has 6 nitrogen and oxygen atoms in total. The van der Waals surface area contributed by atoms with E-state index in [0.717, 1.165) is 6.07 Å². The average Bonchev–Trinajstić information content (AvgIpc) is 2.67. The van der Waals surface area contributed by atoms with Gasteiger partial charge in [0.05, 0.1) is 19.9 Å². The van der Waals surface area contributed by atoms with Crippen LogP contribution in [0.1, 0.15) is 5.69 Å². The Bertz CT molecular complexity index is 948. The van der Waals surface area contributed by atoms with E-state index in [2.05, 4.69) is 20.3 Å². The van der Waals surface area contributed by atoms with Crippen LogP contribution in [0.3, 0.4) is 0 Å². The summed E-state index contributed by atoms with van der Waals surface area (Å²) in [6.45, 7) is 0. The van der Waals surface area contributed by atoms with Crippen LogP contribution in [-0.2, 0) is 6.18 Å². The van der Waals surface area contributed by atoms with Gasteiger partial charge in [-0.25, -0.2) is 15.0 Å². The molecule has 0 saturated heterocycles. The number of pyridine rings is 1. The van der Waals surface area contributed by atoms with Crippen LogP contribution in [-0.4, -0.2) is 29.2 Å². The SMILES string of the molecule is COc1ccc(-c2cc(Nc3cccc(C(F)(F)F)n3)ncn2)c(OC)c1. The monoisotopic (exact) mass is 376 g/mol. The summed E-state index contributed by atoms with van der Waals surface area (Å²) in [5.74, 6) is 1.48. The molecule has 0 atom stereocenters. The van der Waals surface area contributed by atoms with Gasteiger partial charge in [0.25, 0.3) is 0 Å². The number of nitrogens with zero attached hydrogens (tertiary/aromatic N) is 3. The fourth-order valence-electron chi connectivity index (χ4n) is 2.38. The lowest BCUT2D eigenvalue weighted by Gasteiger charge is -2.12. The lowest BCUT2D eigenvalue weighted by Crippen LogP contribution is -2.09. The van der Waals surface area contributed by atoms with Gasteiger partial charge in [-0.15, -0.1) is 0 Å². The Morgan fingerprint density at radius 2 is 1.74 bits per heavy atom. The summed E-state index contributed by atoms with van der Waals surface area (Å²) >= 11 is 0. The van der Waals surface area contributed by atoms with Crippen LogP contribution >= 0.6 is 0 Å². The number of halogens is 3. The number of rotatable bonds is 5. The van der Waals surface area contributed by atoms with Gasteiger partial charge in [0.1, 0.15) is 35.2 Å². The summed E-state index contributed by atoms with van der Waals surface area (Å²) in [7, 11) is 3.06. The fraction of sp³-hybridized carbons (Fsp3) is 0.167. The van der Waals surface area contributed by atoms with Crippen LogP contribution in [0.15, 0.2) is 48.8 Å². The van der Waals surface area contributed by atoms with E-state index in [-0.39, 0.29) is 5.82 Å². The molecule has 1 aromatic carbocycles. The van der Waals surface area contributed by atoms with E-state index in [9.17, 15) is 13.2 Å². The van der Waals surface area contributed by atoms with Crippen molar-refractivity contribution in [1.82, 2.24) is 15.0 Å². The maximum absolute atomic E-state index is 12.8. The summed E-state index contributed by atoms with van der Waals surface area (Å²) in [6.07, 6.45) is -3.22. The van der Waals surface area contributed by atoms with E-state index >= 15 is 0 Å². The second kappa shape index (κ2) is 7.48. The molecule has 27 heavy (non-hydrogen) atoms. The number of nitrogens with one attached hydrogen (secondary N) is 1. The molecule has 140 valence electrons. The molecule has 0 aliphatic rings. The molecule has 0 fully saturated rings. The molecule has 1 N–H and O–H groups in total. The highest BCUT2D eigenvalue weighted by atomic mass is 19.4. The van der Waals surface area contributed by atoms with Crippen LogP contribution in [0.2, 0.25) is 0 Å². The molecule has 2 heterocycles. The summed E-state index contributed by atoms with van der Waals surface area (Å²) in [4.78, 5) is 11.8. The molecule has 0 bridgehead atoms. The van der Waals surface area contributed by atoms with E-state index < -0.39 is 11.9 Å². The van der Waals surface area contributed by atoms with Gasteiger partial charge in [-0.3, -0.25) is 0 Å². The number of aromatic nitrogens is 3. The van der Waals surface area contributed by atoms with Crippen molar-refractivity contribution in [2.45, 2.75) is 6.18 Å². The van der Waals surface area contributed by atoms with Gasteiger partial charge in [0.15, 0.2) is 0 Å². The van der Waals surface area contributed by atoms with Crippen molar-refractivity contribution in [3.8, 4) is 22.8 Å². The van der Waals surface area contributed by atoms with Gasteiger partial charge in [-0.2, -0.15) is 13.2 Å². The van der Waals surface area contributed by atoms with Crippen molar-refractivity contribution >= 4 is 11.6 Å². The van der Waals surface area contributed by atoms with Crippen molar-refractivity contribution < 1.29 is 22.6 Å². The van der Waals surface area contributed by atoms with E-state index in [1.165, 1.54) is 25.6 Å². The Morgan fingerprint density at radius 1 is 0.926 bits per heavy atom. The second-order valence-corrected chi connectivity index (χ2v) is 5.39. The van der Waals surface area contributed by atoms with Gasteiger partial charge in [0, 0.05) is 17.7 Å². The van der Waals surface area contributed by atoms with Crippen molar-refractivity contribution in [3.05, 3.63) is 54.5 Å². The number of alkyl halides is 3. The lowest BCUT2D eigenvalue weighted by molar-refractivity contribution is -0.141. The highest BCUT2D eigenvalue weighted by Crippen LogP contribution is 2.33. The van der Waals surface area contributed by atoms with Crippen molar-refractivity contribution in [1.29, 1.82) is 0 Å². The molecule has 3 aromatic rings. The summed E-state index contributed by atoms with van der Waals surface area (Å²) < 4.78 is 48.9. The number of benzene rings is 1. The number of methoxy groups -OCH3 is 2. The zero-order valence-electron chi connectivity index (χ0n) is 14.4. The molecule has 3 rings (SSSR count). The largest absolute Gasteiger partial charge is 0.497 e. The van der Waals surface area contributed by atoms with Crippen LogP contribution in [0, 0.1) is 0 Å². The van der Waals surface area contributed by atoms with Gasteiger partial charge >= 0.3 is 6.18 Å². The smallest absolute Gasteiger partial charge is 0.433 e. The summed E-state index contributed by atoms with van der Waals surface area (Å²) in [5.41, 5.74) is 0.221. The van der Waals surface area contributed by atoms with E-state index in [0.29, 0.717) is 28.6 Å². The molecule has 9 heteroatoms. The molecule has 0 aliphatic heterocycles. The van der Waals surface area contributed by atoms with Crippen LogP contribution < -0.4 is 14.8 Å². The fourth-order valence-corrected chi connectivity index (χ4v) is 2.38. The third-order valence-corrected chi connectivity index (χ3v) is 3.65. The molecule has 0 spiro atoms. The predicted molar refractivity (Wildman–Crippen MR) is 93.1 cm³/mol. The van der Waals surface area contributed by atoms with Crippen molar-refractivity contribution in [3.63, 3.8) is 0 Å². The Balaban J connectivity index is 1.91. The Labute approximate surface area is 153 Å². The predicted octanol–water partition coefficient (Wildman–Crippen LogP) is 4.32. The first-order valence-electron chi connectivity index (χ1n) is 7.76. The van der Waals surface area contributed by atoms with Crippen LogP contribution in [0.4, 0.5) is 24.8 Å². The molecule has 0 saturated carbocycles. The molecular formula is C18H15F3N4O2. The first-order chi connectivity index (χ1) is 12.9. The Kier molecular flexibility index (Phi) is 5.11. The minimum atomic E-state index is -4.52. The van der Waals surface area contributed by atoms with Crippen LogP contribution in [0.5, 0.6) is 11.5 Å². The summed E-state index contributed by atoms with van der Waals surface area (Å²) in [5, 5.41) is 2.76. The minimum absolute atomic E-state index is 0.0242. The zero-order valence-corrected chi connectivity index (χ0v) is 14.4.